The van der Waals surface area contributed by atoms with Gasteiger partial charge in [0.15, 0.2) is 0 Å². The second kappa shape index (κ2) is 8.06. The van der Waals surface area contributed by atoms with Crippen LogP contribution in [0.25, 0.3) is 0 Å². The van der Waals surface area contributed by atoms with E-state index in [-0.39, 0.29) is 25.8 Å². The van der Waals surface area contributed by atoms with Crippen molar-refractivity contribution in [1.29, 1.82) is 5.41 Å². The fourth-order valence-electron chi connectivity index (χ4n) is 3.14. The Balaban J connectivity index is 0.00000338. The minimum Gasteiger partial charge on any atom is -0.394 e. The highest BCUT2D eigenvalue weighted by Crippen LogP contribution is 2.22. The van der Waals surface area contributed by atoms with Crippen LogP contribution in [0.15, 0.2) is 24.3 Å². The van der Waals surface area contributed by atoms with E-state index in [0.717, 1.165) is 24.9 Å². The van der Waals surface area contributed by atoms with Crippen LogP contribution >= 0.6 is 0 Å². The van der Waals surface area contributed by atoms with Crippen molar-refractivity contribution >= 4 is 11.6 Å². The summed E-state index contributed by atoms with van der Waals surface area (Å²) in [6.45, 7) is 6.77. The smallest absolute Gasteiger partial charge is 0.237 e. The van der Waals surface area contributed by atoms with E-state index in [9.17, 15) is 14.3 Å². The van der Waals surface area contributed by atoms with E-state index in [2.05, 4.69) is 10.2 Å². The average molecular weight is 351 g/mol. The monoisotopic (exact) mass is 351 g/mol. The van der Waals surface area contributed by atoms with E-state index >= 15 is 0 Å². The third kappa shape index (κ3) is 5.09. The standard InChI is InChI=1S/C19H28FN3O2.H2/c1-19(2,3)17(21)15(12-24)22-18(25)16-5-4-10-23(16)11-13-6-8-14(20)9-7-13;/h6-9,15-16,21,24H,4-5,10-12H2,1-3H3,(H,22,25);1H/t15?,16-;/m0./s1. The van der Waals surface area contributed by atoms with Crippen LogP contribution in [0.1, 0.15) is 40.6 Å². The average Bonchev–Trinajstić information content (AvgIpc) is 3.01. The lowest BCUT2D eigenvalue weighted by molar-refractivity contribution is -0.126. The van der Waals surface area contributed by atoms with Gasteiger partial charge in [-0.2, -0.15) is 0 Å². The van der Waals surface area contributed by atoms with Gasteiger partial charge in [0.05, 0.1) is 18.7 Å². The van der Waals surface area contributed by atoms with Gasteiger partial charge in [-0.25, -0.2) is 4.39 Å². The molecule has 0 saturated carbocycles. The lowest BCUT2D eigenvalue weighted by Gasteiger charge is -2.30. The third-order valence-electron chi connectivity index (χ3n) is 4.62. The van der Waals surface area contributed by atoms with E-state index in [0.29, 0.717) is 12.3 Å². The van der Waals surface area contributed by atoms with E-state index in [1.54, 1.807) is 12.1 Å². The predicted molar refractivity (Wildman–Crippen MR) is 98.1 cm³/mol. The molecule has 2 atom stereocenters. The van der Waals surface area contributed by atoms with Crippen LogP contribution in [0.3, 0.4) is 0 Å². The summed E-state index contributed by atoms with van der Waals surface area (Å²) >= 11 is 0. The van der Waals surface area contributed by atoms with Gasteiger partial charge in [0.2, 0.25) is 5.91 Å². The van der Waals surface area contributed by atoms with Gasteiger partial charge in [-0.05, 0) is 37.1 Å². The number of carbonyl (C=O) groups is 1. The van der Waals surface area contributed by atoms with Crippen LogP contribution < -0.4 is 5.32 Å². The first kappa shape index (κ1) is 19.5. The number of halogens is 1. The fourth-order valence-corrected chi connectivity index (χ4v) is 3.14. The van der Waals surface area contributed by atoms with Crippen molar-refractivity contribution in [2.75, 3.05) is 13.2 Å². The molecule has 0 radical (unpaired) electrons. The summed E-state index contributed by atoms with van der Waals surface area (Å²) in [6.07, 6.45) is 1.66. The maximum atomic E-state index is 13.0. The number of benzene rings is 1. The van der Waals surface area contributed by atoms with Gasteiger partial charge in [0.1, 0.15) is 5.82 Å². The van der Waals surface area contributed by atoms with Crippen molar-refractivity contribution in [2.24, 2.45) is 5.41 Å². The topological polar surface area (TPSA) is 76.4 Å². The molecule has 0 spiro atoms. The minimum absolute atomic E-state index is 0. The minimum atomic E-state index is -0.666. The number of rotatable bonds is 6. The summed E-state index contributed by atoms with van der Waals surface area (Å²) in [5.74, 6) is -0.432. The molecule has 25 heavy (non-hydrogen) atoms. The lowest BCUT2D eigenvalue weighted by Crippen LogP contribution is -2.52. The van der Waals surface area contributed by atoms with Crippen molar-refractivity contribution < 1.29 is 15.7 Å². The molecule has 1 fully saturated rings. The van der Waals surface area contributed by atoms with Gasteiger partial charge < -0.3 is 15.8 Å². The Bertz CT molecular complexity index is 616. The number of likely N-dealkylation sites (tertiary alicyclic amines) is 1. The number of carbonyl (C=O) groups excluding carboxylic acids is 1. The van der Waals surface area contributed by atoms with Crippen molar-refractivity contribution in [3.63, 3.8) is 0 Å². The predicted octanol–water partition coefficient (Wildman–Crippen LogP) is 2.58. The van der Waals surface area contributed by atoms with Gasteiger partial charge in [-0.15, -0.1) is 0 Å². The molecule has 1 aliphatic heterocycles. The summed E-state index contributed by atoms with van der Waals surface area (Å²) in [4.78, 5) is 14.7. The highest BCUT2D eigenvalue weighted by Gasteiger charge is 2.34. The van der Waals surface area contributed by atoms with Crippen LogP contribution in [0.5, 0.6) is 0 Å². The summed E-state index contributed by atoms with van der Waals surface area (Å²) in [7, 11) is 0. The number of nitrogens with one attached hydrogen (secondary N) is 2. The van der Waals surface area contributed by atoms with Crippen molar-refractivity contribution in [2.45, 2.75) is 52.2 Å². The summed E-state index contributed by atoms with van der Waals surface area (Å²) in [5, 5.41) is 20.6. The van der Waals surface area contributed by atoms with Crippen LogP contribution in [0.4, 0.5) is 4.39 Å². The quantitative estimate of drug-likeness (QED) is 0.690. The molecule has 0 aliphatic carbocycles. The number of hydrogen-bond acceptors (Lipinski definition) is 4. The molecule has 5 nitrogen and oxygen atoms in total. The molecule has 0 aromatic heterocycles. The molecule has 1 heterocycles. The lowest BCUT2D eigenvalue weighted by atomic mass is 9.85. The second-order valence-electron chi connectivity index (χ2n) is 7.66. The Kier molecular flexibility index (Phi) is 6.30. The molecule has 1 saturated heterocycles. The van der Waals surface area contributed by atoms with Gasteiger partial charge in [0, 0.05) is 19.1 Å². The Morgan fingerprint density at radius 1 is 1.44 bits per heavy atom. The van der Waals surface area contributed by atoms with Crippen LogP contribution in [0, 0.1) is 16.6 Å². The molecular weight excluding hydrogens is 321 g/mol. The first-order valence-electron chi connectivity index (χ1n) is 8.71. The largest absolute Gasteiger partial charge is 0.394 e. The van der Waals surface area contributed by atoms with Crippen LogP contribution in [-0.2, 0) is 11.3 Å². The number of aliphatic hydroxyl groups excluding tert-OH is 1. The first-order valence-corrected chi connectivity index (χ1v) is 8.71. The number of hydrogen-bond donors (Lipinski definition) is 3. The zero-order valence-corrected chi connectivity index (χ0v) is 15.2. The number of nitrogens with zero attached hydrogens (tertiary/aromatic N) is 1. The van der Waals surface area contributed by atoms with Gasteiger partial charge >= 0.3 is 0 Å². The number of amides is 1. The van der Waals surface area contributed by atoms with E-state index in [1.807, 2.05) is 20.8 Å². The molecule has 2 rings (SSSR count). The fraction of sp³-hybridized carbons (Fsp3) is 0.579. The van der Waals surface area contributed by atoms with Gasteiger partial charge in [-0.1, -0.05) is 32.9 Å². The highest BCUT2D eigenvalue weighted by atomic mass is 19.1. The Morgan fingerprint density at radius 3 is 2.64 bits per heavy atom. The molecule has 140 valence electrons. The summed E-state index contributed by atoms with van der Waals surface area (Å²) < 4.78 is 13.0. The molecule has 1 unspecified atom stereocenters. The van der Waals surface area contributed by atoms with E-state index < -0.39 is 11.5 Å². The zero-order valence-electron chi connectivity index (χ0n) is 15.2. The maximum Gasteiger partial charge on any atom is 0.237 e. The highest BCUT2D eigenvalue weighted by molar-refractivity contribution is 5.95. The van der Waals surface area contributed by atoms with Gasteiger partial charge in [0.25, 0.3) is 0 Å². The van der Waals surface area contributed by atoms with E-state index in [4.69, 9.17) is 5.41 Å². The van der Waals surface area contributed by atoms with Gasteiger partial charge in [-0.3, -0.25) is 9.69 Å². The maximum absolute atomic E-state index is 13.0. The second-order valence-corrected chi connectivity index (χ2v) is 7.66. The van der Waals surface area contributed by atoms with Crippen LogP contribution in [-0.4, -0.2) is 46.9 Å². The summed E-state index contributed by atoms with van der Waals surface area (Å²) in [5.41, 5.74) is 0.859. The van der Waals surface area contributed by atoms with Crippen LogP contribution in [0.2, 0.25) is 0 Å². The normalized spacial score (nSPS) is 19.6. The molecule has 1 aliphatic rings. The SMILES string of the molecule is CC(C)(C)C(=N)C(CO)NC(=O)[C@@H]1CCCN1Cc1ccc(F)cc1.[HH]. The first-order chi connectivity index (χ1) is 11.7. The van der Waals surface area contributed by atoms with E-state index in [1.165, 1.54) is 12.1 Å². The van der Waals surface area contributed by atoms with Crippen molar-refractivity contribution in [3.05, 3.63) is 35.6 Å². The van der Waals surface area contributed by atoms with Crippen molar-refractivity contribution in [1.82, 2.24) is 10.2 Å². The molecule has 1 amide bonds. The Labute approximate surface area is 150 Å². The molecular formula is C19H30FN3O2. The zero-order chi connectivity index (χ0) is 18.6. The molecule has 0 bridgehead atoms. The summed E-state index contributed by atoms with van der Waals surface area (Å²) in [6, 6.07) is 5.36. The number of aliphatic hydroxyl groups is 1. The molecule has 3 N–H and O–H groups in total. The molecule has 6 heteroatoms. The van der Waals surface area contributed by atoms with Crippen molar-refractivity contribution in [3.8, 4) is 0 Å². The third-order valence-corrected chi connectivity index (χ3v) is 4.62. The Hall–Kier alpha value is -1.79. The molecule has 1 aromatic rings. The molecule has 1 aromatic carbocycles. The Morgan fingerprint density at radius 2 is 2.08 bits per heavy atom.